The Morgan fingerprint density at radius 1 is 1.17 bits per heavy atom. The first-order valence-electron chi connectivity index (χ1n) is 9.47. The van der Waals surface area contributed by atoms with E-state index in [0.717, 1.165) is 43.8 Å². The lowest BCUT2D eigenvalue weighted by atomic mass is 9.82. The lowest BCUT2D eigenvalue weighted by Crippen LogP contribution is -2.52. The number of hydrogen-bond donors (Lipinski definition) is 2. The van der Waals surface area contributed by atoms with Crippen LogP contribution in [0.15, 0.2) is 24.3 Å². The number of hydrogen-bond acceptors (Lipinski definition) is 3. The zero-order chi connectivity index (χ0) is 17.0. The predicted octanol–water partition coefficient (Wildman–Crippen LogP) is 3.52. The van der Waals surface area contributed by atoms with Crippen LogP contribution in [-0.2, 0) is 11.3 Å². The van der Waals surface area contributed by atoms with Crippen molar-refractivity contribution in [1.82, 2.24) is 4.90 Å². The van der Waals surface area contributed by atoms with Crippen molar-refractivity contribution in [3.8, 4) is 0 Å². The molecule has 1 heterocycles. The Kier molecular flexibility index (Phi) is 5.57. The highest BCUT2D eigenvalue weighted by Crippen LogP contribution is 2.27. The molecule has 1 saturated carbocycles. The van der Waals surface area contributed by atoms with Crippen LogP contribution in [0.1, 0.15) is 57.4 Å². The first-order valence-corrected chi connectivity index (χ1v) is 9.47. The first kappa shape index (κ1) is 17.4. The van der Waals surface area contributed by atoms with Crippen molar-refractivity contribution in [1.29, 1.82) is 0 Å². The van der Waals surface area contributed by atoms with Crippen LogP contribution in [0, 0.1) is 5.92 Å². The van der Waals surface area contributed by atoms with E-state index >= 15 is 0 Å². The molecule has 3 N–H and O–H groups in total. The van der Waals surface area contributed by atoms with Crippen molar-refractivity contribution >= 4 is 11.6 Å². The van der Waals surface area contributed by atoms with Crippen LogP contribution in [0.3, 0.4) is 0 Å². The summed E-state index contributed by atoms with van der Waals surface area (Å²) in [4.78, 5) is 15.0. The maximum absolute atomic E-state index is 12.5. The molecular weight excluding hydrogens is 298 g/mol. The van der Waals surface area contributed by atoms with E-state index in [1.54, 1.807) is 0 Å². The molecule has 1 amide bonds. The van der Waals surface area contributed by atoms with Crippen LogP contribution >= 0.6 is 0 Å². The quantitative estimate of drug-likeness (QED) is 0.888. The van der Waals surface area contributed by atoms with Gasteiger partial charge in [0.2, 0.25) is 5.91 Å². The zero-order valence-corrected chi connectivity index (χ0v) is 14.9. The number of carbonyl (C=O) groups excluding carboxylic acids is 1. The van der Waals surface area contributed by atoms with Gasteiger partial charge in [0.1, 0.15) is 0 Å². The number of likely N-dealkylation sites (tertiary alicyclic amines) is 1. The summed E-state index contributed by atoms with van der Waals surface area (Å²) in [6.45, 7) is 5.72. The van der Waals surface area contributed by atoms with Crippen LogP contribution in [0.4, 0.5) is 5.69 Å². The molecule has 132 valence electrons. The molecule has 0 atom stereocenters. The smallest absolute Gasteiger partial charge is 0.244 e. The van der Waals surface area contributed by atoms with Crippen molar-refractivity contribution in [3.05, 3.63) is 29.8 Å². The molecule has 1 aromatic carbocycles. The van der Waals surface area contributed by atoms with Gasteiger partial charge < -0.3 is 11.1 Å². The van der Waals surface area contributed by atoms with Gasteiger partial charge in [-0.25, -0.2) is 0 Å². The monoisotopic (exact) mass is 329 g/mol. The average molecular weight is 329 g/mol. The van der Waals surface area contributed by atoms with E-state index in [-0.39, 0.29) is 5.91 Å². The van der Waals surface area contributed by atoms with Gasteiger partial charge in [0.25, 0.3) is 0 Å². The van der Waals surface area contributed by atoms with Crippen molar-refractivity contribution in [2.45, 2.75) is 64.0 Å². The van der Waals surface area contributed by atoms with Crippen LogP contribution in [-0.4, -0.2) is 29.4 Å². The molecule has 24 heavy (non-hydrogen) atoms. The van der Waals surface area contributed by atoms with Crippen LogP contribution in [0.5, 0.6) is 0 Å². The third-order valence-electron chi connectivity index (χ3n) is 5.69. The highest BCUT2D eigenvalue weighted by Gasteiger charge is 2.35. The average Bonchev–Trinajstić information content (AvgIpc) is 2.59. The van der Waals surface area contributed by atoms with Gasteiger partial charge in [0.05, 0.1) is 5.54 Å². The lowest BCUT2D eigenvalue weighted by Gasteiger charge is -2.32. The Labute approximate surface area is 145 Å². The van der Waals surface area contributed by atoms with Gasteiger partial charge in [-0.15, -0.1) is 0 Å². The van der Waals surface area contributed by atoms with Gasteiger partial charge in [-0.3, -0.25) is 9.69 Å². The molecule has 0 aromatic heterocycles. The standard InChI is InChI=1S/C20H31N3O/c1-16-9-13-23(14-10-16)15-17-5-7-18(8-6-17)22-19(24)20(21)11-3-2-4-12-20/h5-8,16H,2-4,9-15,21H2,1H3,(H,22,24). The molecule has 0 radical (unpaired) electrons. The lowest BCUT2D eigenvalue weighted by molar-refractivity contribution is -0.122. The zero-order valence-electron chi connectivity index (χ0n) is 14.9. The number of nitrogens with zero attached hydrogens (tertiary/aromatic N) is 1. The van der Waals surface area contributed by atoms with E-state index in [4.69, 9.17) is 5.73 Å². The fourth-order valence-electron chi connectivity index (χ4n) is 3.84. The molecule has 1 saturated heterocycles. The van der Waals surface area contributed by atoms with E-state index in [0.29, 0.717) is 0 Å². The van der Waals surface area contributed by atoms with E-state index in [1.165, 1.54) is 37.9 Å². The third kappa shape index (κ3) is 4.37. The van der Waals surface area contributed by atoms with Gasteiger partial charge >= 0.3 is 0 Å². The summed E-state index contributed by atoms with van der Waals surface area (Å²) in [6.07, 6.45) is 7.48. The summed E-state index contributed by atoms with van der Waals surface area (Å²) in [6, 6.07) is 8.26. The fraction of sp³-hybridized carbons (Fsp3) is 0.650. The maximum atomic E-state index is 12.5. The summed E-state index contributed by atoms with van der Waals surface area (Å²) < 4.78 is 0. The number of anilines is 1. The van der Waals surface area contributed by atoms with Gasteiger partial charge in [-0.1, -0.05) is 38.3 Å². The summed E-state index contributed by atoms with van der Waals surface area (Å²) in [5.41, 5.74) is 7.78. The fourth-order valence-corrected chi connectivity index (χ4v) is 3.84. The minimum absolute atomic E-state index is 0.0278. The Balaban J connectivity index is 1.53. The van der Waals surface area contributed by atoms with Crippen molar-refractivity contribution in [3.63, 3.8) is 0 Å². The summed E-state index contributed by atoms with van der Waals surface area (Å²) >= 11 is 0. The topological polar surface area (TPSA) is 58.4 Å². The molecule has 0 bridgehead atoms. The number of nitrogens with one attached hydrogen (secondary N) is 1. The highest BCUT2D eigenvalue weighted by molar-refractivity contribution is 5.98. The summed E-state index contributed by atoms with van der Waals surface area (Å²) in [5.74, 6) is 0.835. The molecule has 2 fully saturated rings. The number of piperidine rings is 1. The molecule has 0 unspecified atom stereocenters. The Morgan fingerprint density at radius 3 is 2.42 bits per heavy atom. The minimum Gasteiger partial charge on any atom is -0.324 e. The second kappa shape index (κ2) is 7.66. The number of nitrogens with two attached hydrogens (primary N) is 1. The molecule has 1 aromatic rings. The van der Waals surface area contributed by atoms with Crippen LogP contribution < -0.4 is 11.1 Å². The molecule has 2 aliphatic rings. The Morgan fingerprint density at radius 2 is 1.79 bits per heavy atom. The number of benzene rings is 1. The van der Waals surface area contributed by atoms with Crippen LogP contribution in [0.25, 0.3) is 0 Å². The van der Waals surface area contributed by atoms with Crippen molar-refractivity contribution in [2.24, 2.45) is 11.7 Å². The van der Waals surface area contributed by atoms with E-state index < -0.39 is 5.54 Å². The van der Waals surface area contributed by atoms with Gasteiger partial charge in [0.15, 0.2) is 0 Å². The minimum atomic E-state index is -0.679. The largest absolute Gasteiger partial charge is 0.324 e. The second-order valence-corrected chi connectivity index (χ2v) is 7.83. The molecule has 4 nitrogen and oxygen atoms in total. The molecular formula is C20H31N3O. The summed E-state index contributed by atoms with van der Waals surface area (Å²) in [5, 5.41) is 3.01. The molecule has 3 rings (SSSR count). The molecule has 1 aliphatic carbocycles. The van der Waals surface area contributed by atoms with Gasteiger partial charge in [0, 0.05) is 12.2 Å². The Hall–Kier alpha value is -1.39. The van der Waals surface area contributed by atoms with Crippen LogP contribution in [0.2, 0.25) is 0 Å². The second-order valence-electron chi connectivity index (χ2n) is 7.83. The first-order chi connectivity index (χ1) is 11.5. The molecule has 4 heteroatoms. The normalized spacial score (nSPS) is 22.2. The SMILES string of the molecule is CC1CCN(Cc2ccc(NC(=O)C3(N)CCCCC3)cc2)CC1. The number of carbonyl (C=O) groups is 1. The van der Waals surface area contributed by atoms with E-state index in [1.807, 2.05) is 12.1 Å². The van der Waals surface area contributed by atoms with Crippen molar-refractivity contribution in [2.75, 3.05) is 18.4 Å². The summed E-state index contributed by atoms with van der Waals surface area (Å²) in [7, 11) is 0. The third-order valence-corrected chi connectivity index (χ3v) is 5.69. The van der Waals surface area contributed by atoms with E-state index in [9.17, 15) is 4.79 Å². The van der Waals surface area contributed by atoms with Crippen molar-refractivity contribution < 1.29 is 4.79 Å². The highest BCUT2D eigenvalue weighted by atomic mass is 16.2. The van der Waals surface area contributed by atoms with Gasteiger partial charge in [-0.2, -0.15) is 0 Å². The Bertz CT molecular complexity index is 541. The maximum Gasteiger partial charge on any atom is 0.244 e. The predicted molar refractivity (Wildman–Crippen MR) is 98.8 cm³/mol. The van der Waals surface area contributed by atoms with E-state index in [2.05, 4.69) is 29.3 Å². The van der Waals surface area contributed by atoms with Gasteiger partial charge in [-0.05, 0) is 62.4 Å². The number of rotatable bonds is 4. The molecule has 0 spiro atoms. The molecule has 1 aliphatic heterocycles. The number of amides is 1.